The molecule has 2 amide bonds. The van der Waals surface area contributed by atoms with E-state index in [1.807, 2.05) is 16.7 Å². The lowest BCUT2D eigenvalue weighted by molar-refractivity contribution is -0.308. The summed E-state index contributed by atoms with van der Waals surface area (Å²) in [5, 5.41) is 61.6. The number of aliphatic hydroxyl groups excluding tert-OH is 3. The van der Waals surface area contributed by atoms with Crippen molar-refractivity contribution in [3.8, 4) is 0 Å². The van der Waals surface area contributed by atoms with Crippen molar-refractivity contribution in [3.05, 3.63) is 24.0 Å². The van der Waals surface area contributed by atoms with E-state index in [-0.39, 0.29) is 51.1 Å². The molecule has 6 N–H and O–H groups in total. The summed E-state index contributed by atoms with van der Waals surface area (Å²) >= 11 is 0. The number of likely N-dealkylation sites (N-methyl/N-ethyl adjacent to an activating group) is 1. The zero-order valence-electron chi connectivity index (χ0n) is 45.6. The fourth-order valence-corrected chi connectivity index (χ4v) is 11.3. The van der Waals surface area contributed by atoms with E-state index in [4.69, 9.17) is 37.9 Å². The van der Waals surface area contributed by atoms with Gasteiger partial charge >= 0.3 is 12.1 Å². The molecule has 21 nitrogen and oxygen atoms in total. The van der Waals surface area contributed by atoms with Gasteiger partial charge in [-0.05, 0) is 99.0 Å². The number of anilines is 2. The second-order valence-corrected chi connectivity index (χ2v) is 22.3. The molecule has 6 rings (SSSR count). The van der Waals surface area contributed by atoms with Gasteiger partial charge in [-0.15, -0.1) is 0 Å². The highest BCUT2D eigenvalue weighted by molar-refractivity contribution is 5.90. The number of ether oxygens (including phenoxy) is 8. The van der Waals surface area contributed by atoms with Crippen LogP contribution in [0.3, 0.4) is 0 Å². The number of hydrogen-bond donors (Lipinski definition) is 6. The molecule has 5 aliphatic heterocycles. The maximum atomic E-state index is 15.2. The smallest absolute Gasteiger partial charge is 0.414 e. The van der Waals surface area contributed by atoms with Crippen LogP contribution >= 0.6 is 0 Å². The van der Waals surface area contributed by atoms with Crippen molar-refractivity contribution in [1.82, 2.24) is 10.2 Å². The zero-order chi connectivity index (χ0) is 55.3. The molecule has 18 atom stereocenters. The van der Waals surface area contributed by atoms with Gasteiger partial charge in [-0.2, -0.15) is 0 Å². The third-order valence-corrected chi connectivity index (χ3v) is 16.3. The first-order valence-electron chi connectivity index (χ1n) is 26.7. The Balaban J connectivity index is 1.13. The average molecular weight is 1070 g/mol. The number of esters is 1. The highest BCUT2D eigenvalue weighted by Crippen LogP contribution is 2.39. The predicted octanol–water partition coefficient (Wildman–Crippen LogP) is 2.81. The molecule has 0 unspecified atom stereocenters. The van der Waals surface area contributed by atoms with Crippen molar-refractivity contribution in [2.45, 2.75) is 198 Å². The van der Waals surface area contributed by atoms with E-state index in [0.29, 0.717) is 57.1 Å². The molecule has 0 aromatic heterocycles. The van der Waals surface area contributed by atoms with Crippen LogP contribution in [0.15, 0.2) is 18.2 Å². The van der Waals surface area contributed by atoms with Gasteiger partial charge in [0.05, 0.1) is 85.3 Å². The Morgan fingerprint density at radius 2 is 1.63 bits per heavy atom. The Morgan fingerprint density at radius 1 is 0.933 bits per heavy atom. The number of cyclic esters (lactones) is 2. The zero-order valence-corrected chi connectivity index (χ0v) is 45.6. The summed E-state index contributed by atoms with van der Waals surface area (Å²) in [5.41, 5.74) is -4.27. The highest BCUT2D eigenvalue weighted by Gasteiger charge is 2.52. The molecule has 1 aromatic rings. The standard InChI is InChI=1S/C53H85FN4O17/c1-12-40-53(9,67)46(62)32(5)44(60)29(2)25-51(7,66)41(24-39(31(4)48(64)74-40)73-43-26-52(8,68-11)47(63)33(6)71-43)75-49-45(61)38(22-30(3)70-49)56(10)17-13-14-42(59)55-27-35-28-58(50(65)72-35)34-15-16-37(36(54)23-34)57-18-20-69-21-19-57/h15-16,23,29-33,35,38-41,43,45-47,49,61-63,66-67H,12-14,17-22,24-28H2,1-11H3,(H,55,59)/t29-,30-,31-,32+,33+,35+,38+,39+,40-,41-,43+,45-,46-,47+,49+,51-,52-,53-/m1/s1. The molecule has 0 saturated carbocycles. The molecule has 1 aromatic carbocycles. The molecule has 5 fully saturated rings. The van der Waals surface area contributed by atoms with E-state index in [1.54, 1.807) is 53.8 Å². The number of aliphatic hydroxyl groups is 5. The van der Waals surface area contributed by atoms with Crippen LogP contribution in [-0.2, 0) is 52.3 Å². The molecule has 5 saturated heterocycles. The number of methoxy groups -OCH3 is 1. The number of hydrogen-bond acceptors (Lipinski definition) is 19. The maximum Gasteiger partial charge on any atom is 0.414 e. The number of benzene rings is 1. The highest BCUT2D eigenvalue weighted by atomic mass is 19.1. The molecule has 0 aliphatic carbocycles. The molecule has 5 aliphatic rings. The van der Waals surface area contributed by atoms with Crippen LogP contribution in [0, 0.1) is 23.6 Å². The van der Waals surface area contributed by atoms with Gasteiger partial charge in [0.2, 0.25) is 5.91 Å². The second-order valence-electron chi connectivity index (χ2n) is 22.3. The first-order chi connectivity index (χ1) is 35.2. The van der Waals surface area contributed by atoms with E-state index in [9.17, 15) is 44.7 Å². The maximum absolute atomic E-state index is 15.2. The topological polar surface area (TPSA) is 265 Å². The van der Waals surface area contributed by atoms with Crippen LogP contribution in [0.2, 0.25) is 0 Å². The van der Waals surface area contributed by atoms with Crippen LogP contribution in [0.4, 0.5) is 20.6 Å². The molecule has 75 heavy (non-hydrogen) atoms. The van der Waals surface area contributed by atoms with Crippen molar-refractivity contribution >= 4 is 35.1 Å². The molecule has 426 valence electrons. The lowest BCUT2D eigenvalue weighted by atomic mass is 9.76. The number of halogens is 1. The van der Waals surface area contributed by atoms with Crippen molar-refractivity contribution in [2.75, 3.05) is 69.9 Å². The Labute approximate surface area is 440 Å². The molecule has 0 bridgehead atoms. The minimum atomic E-state index is -2.05. The Morgan fingerprint density at radius 3 is 2.28 bits per heavy atom. The molecule has 22 heteroatoms. The number of morpholine rings is 1. The summed E-state index contributed by atoms with van der Waals surface area (Å²) in [5.74, 6) is -5.19. The van der Waals surface area contributed by atoms with Gasteiger partial charge in [-0.3, -0.25) is 19.3 Å². The van der Waals surface area contributed by atoms with E-state index in [1.165, 1.54) is 38.8 Å². The lowest BCUT2D eigenvalue weighted by Gasteiger charge is -2.47. The number of Topliss-reactive ketones (excluding diaryl/α,β-unsaturated/α-hetero) is 1. The van der Waals surface area contributed by atoms with Gasteiger partial charge in [0.25, 0.3) is 0 Å². The molecule has 0 radical (unpaired) electrons. The largest absolute Gasteiger partial charge is 0.459 e. The summed E-state index contributed by atoms with van der Waals surface area (Å²) < 4.78 is 63.3. The van der Waals surface area contributed by atoms with E-state index in [0.717, 1.165) is 0 Å². The number of nitrogens with one attached hydrogen (secondary N) is 1. The van der Waals surface area contributed by atoms with Gasteiger partial charge < -0.3 is 78.5 Å². The Hall–Kier alpha value is -3.65. The molecular weight excluding hydrogens is 984 g/mol. The number of carbonyl (C=O) groups excluding carboxylic acids is 4. The summed E-state index contributed by atoms with van der Waals surface area (Å²) in [4.78, 5) is 59.3. The van der Waals surface area contributed by atoms with Crippen LogP contribution in [0.5, 0.6) is 0 Å². The monoisotopic (exact) mass is 1070 g/mol. The van der Waals surface area contributed by atoms with Crippen LogP contribution < -0.4 is 15.1 Å². The SMILES string of the molecule is CC[C@H]1OC(=O)[C@H](C)[C@@H](O[C@H]2C[C@@](C)(OC)[C@@H](O)[C@H](C)O2)C[C@@H](O[C@@H]2O[C@H](C)C[C@H](N(C)CCCC(=O)NC[C@H]3CN(c4ccc(N5CCOCC5)c(F)c4)C(=O)O3)[C@H]2O)[C@](C)(O)C[C@@H](C)C(=O)[C@H](C)[C@@H](O)[C@]1(C)O. The summed E-state index contributed by atoms with van der Waals surface area (Å²) in [6, 6.07) is 4.05. The van der Waals surface area contributed by atoms with Gasteiger partial charge in [-0.25, -0.2) is 9.18 Å². The Bertz CT molecular complexity index is 2100. The number of carbonyl (C=O) groups is 4. The van der Waals surface area contributed by atoms with Gasteiger partial charge in [0.1, 0.15) is 41.6 Å². The quantitative estimate of drug-likeness (QED) is 0.138. The fraction of sp³-hybridized carbons (Fsp3) is 0.811. The Kier molecular flexibility index (Phi) is 20.5. The van der Waals surface area contributed by atoms with Crippen LogP contribution in [0.1, 0.15) is 107 Å². The van der Waals surface area contributed by atoms with E-state index >= 15 is 4.39 Å². The van der Waals surface area contributed by atoms with E-state index in [2.05, 4.69) is 5.32 Å². The summed E-state index contributed by atoms with van der Waals surface area (Å²) in [7, 11) is 3.26. The van der Waals surface area contributed by atoms with E-state index < -0.39 is 132 Å². The number of rotatable bonds is 15. The summed E-state index contributed by atoms with van der Waals surface area (Å²) in [6.07, 6.45) is -12.0. The first-order valence-corrected chi connectivity index (χ1v) is 26.7. The minimum Gasteiger partial charge on any atom is -0.459 e. The normalized spacial score (nSPS) is 39.8. The predicted molar refractivity (Wildman–Crippen MR) is 270 cm³/mol. The lowest BCUT2D eigenvalue weighted by Crippen LogP contribution is -2.59. The van der Waals surface area contributed by atoms with Crippen molar-refractivity contribution in [1.29, 1.82) is 0 Å². The van der Waals surface area contributed by atoms with Crippen molar-refractivity contribution in [3.63, 3.8) is 0 Å². The van der Waals surface area contributed by atoms with Gasteiger partial charge in [0, 0.05) is 57.3 Å². The van der Waals surface area contributed by atoms with Crippen molar-refractivity contribution < 1.29 is 87.0 Å². The minimum absolute atomic E-state index is 0.0403. The second kappa shape index (κ2) is 25.4. The van der Waals surface area contributed by atoms with Crippen LogP contribution in [-0.4, -0.2) is 205 Å². The number of amides is 2. The fourth-order valence-electron chi connectivity index (χ4n) is 11.3. The van der Waals surface area contributed by atoms with Gasteiger partial charge in [-0.1, -0.05) is 20.8 Å². The van der Waals surface area contributed by atoms with Crippen LogP contribution in [0.25, 0.3) is 0 Å². The molecular formula is C53H85FN4O17. The average Bonchev–Trinajstić information content (AvgIpc) is 3.75. The first kappa shape index (κ1) is 60.6. The van der Waals surface area contributed by atoms with Crippen molar-refractivity contribution in [2.24, 2.45) is 17.8 Å². The van der Waals surface area contributed by atoms with Gasteiger partial charge in [0.15, 0.2) is 12.6 Å². The molecule has 0 spiro atoms. The third kappa shape index (κ3) is 14.3. The molecule has 5 heterocycles. The third-order valence-electron chi connectivity index (χ3n) is 16.3. The number of ketones is 1. The summed E-state index contributed by atoms with van der Waals surface area (Å²) in [6.45, 7) is 16.9. The number of nitrogens with zero attached hydrogens (tertiary/aromatic N) is 3.